The molecule has 0 aliphatic carbocycles. The average Bonchev–Trinajstić information content (AvgIpc) is 2.97. The van der Waals surface area contributed by atoms with Gasteiger partial charge < -0.3 is 4.57 Å². The second kappa shape index (κ2) is 5.98. The van der Waals surface area contributed by atoms with Crippen molar-refractivity contribution in [2.24, 2.45) is 5.14 Å². The lowest BCUT2D eigenvalue weighted by Gasteiger charge is -2.06. The number of nitrogens with two attached hydrogens (primary N) is 1. The van der Waals surface area contributed by atoms with Gasteiger partial charge in [-0.15, -0.1) is 0 Å². The van der Waals surface area contributed by atoms with Crippen molar-refractivity contribution in [2.45, 2.75) is 51.2 Å². The Bertz CT molecular complexity index is 715. The predicted molar refractivity (Wildman–Crippen MR) is 79.3 cm³/mol. The van der Waals surface area contributed by atoms with Crippen molar-refractivity contribution in [3.05, 3.63) is 30.0 Å². The van der Waals surface area contributed by atoms with Crippen molar-refractivity contribution in [1.82, 2.24) is 19.3 Å². The van der Waals surface area contributed by atoms with E-state index in [4.69, 9.17) is 5.14 Å². The van der Waals surface area contributed by atoms with Crippen LogP contribution in [0.4, 0.5) is 0 Å². The molecule has 0 unspecified atom stereocenters. The van der Waals surface area contributed by atoms with Crippen molar-refractivity contribution in [3.8, 4) is 0 Å². The Morgan fingerprint density at radius 1 is 1.38 bits per heavy atom. The molecule has 0 fully saturated rings. The van der Waals surface area contributed by atoms with E-state index in [-0.39, 0.29) is 11.1 Å². The number of hydrogen-bond donors (Lipinski definition) is 1. The summed E-state index contributed by atoms with van der Waals surface area (Å²) in [7, 11) is -3.78. The van der Waals surface area contributed by atoms with Gasteiger partial charge in [-0.2, -0.15) is 5.10 Å². The van der Waals surface area contributed by atoms with Gasteiger partial charge in [0.05, 0.1) is 12.2 Å². The van der Waals surface area contributed by atoms with Crippen LogP contribution >= 0.6 is 0 Å². The third kappa shape index (κ3) is 3.70. The van der Waals surface area contributed by atoms with Crippen LogP contribution in [0.25, 0.3) is 0 Å². The molecule has 0 aliphatic rings. The number of aryl methyl sites for hydroxylation is 1. The summed E-state index contributed by atoms with van der Waals surface area (Å²) < 4.78 is 26.5. The molecule has 0 atom stereocenters. The van der Waals surface area contributed by atoms with E-state index in [2.05, 4.69) is 23.9 Å². The van der Waals surface area contributed by atoms with Crippen molar-refractivity contribution >= 4 is 10.0 Å². The third-order valence-electron chi connectivity index (χ3n) is 3.13. The highest BCUT2D eigenvalue weighted by molar-refractivity contribution is 7.89. The van der Waals surface area contributed by atoms with Gasteiger partial charge in [0.15, 0.2) is 5.03 Å². The van der Waals surface area contributed by atoms with Gasteiger partial charge in [0.1, 0.15) is 5.82 Å². The molecule has 0 bridgehead atoms. The minimum atomic E-state index is -3.78. The number of sulfonamides is 1. The lowest BCUT2D eigenvalue weighted by Crippen LogP contribution is -2.12. The lowest BCUT2D eigenvalue weighted by atomic mass is 10.3. The summed E-state index contributed by atoms with van der Waals surface area (Å²) in [4.78, 5) is 4.12. The number of aromatic nitrogens is 4. The van der Waals surface area contributed by atoms with Gasteiger partial charge in [0.25, 0.3) is 10.0 Å². The van der Waals surface area contributed by atoms with Crippen LogP contribution in [0.15, 0.2) is 23.5 Å². The molecule has 2 heterocycles. The molecule has 21 heavy (non-hydrogen) atoms. The Labute approximate surface area is 124 Å². The van der Waals surface area contributed by atoms with Crippen LogP contribution in [0, 0.1) is 0 Å². The molecule has 8 heteroatoms. The van der Waals surface area contributed by atoms with Crippen molar-refractivity contribution in [1.29, 1.82) is 0 Å². The first-order valence-corrected chi connectivity index (χ1v) is 8.48. The fourth-order valence-electron chi connectivity index (χ4n) is 2.05. The van der Waals surface area contributed by atoms with Crippen LogP contribution < -0.4 is 5.14 Å². The van der Waals surface area contributed by atoms with Gasteiger partial charge >= 0.3 is 0 Å². The highest BCUT2D eigenvalue weighted by atomic mass is 32.2. The highest BCUT2D eigenvalue weighted by Crippen LogP contribution is 2.13. The molecule has 0 spiro atoms. The first-order valence-electron chi connectivity index (χ1n) is 6.94. The molecule has 2 aromatic heterocycles. The molecule has 0 saturated carbocycles. The van der Waals surface area contributed by atoms with Crippen molar-refractivity contribution in [2.75, 3.05) is 0 Å². The highest BCUT2D eigenvalue weighted by Gasteiger charge is 2.16. The van der Waals surface area contributed by atoms with Gasteiger partial charge in [-0.25, -0.2) is 18.5 Å². The normalized spacial score (nSPS) is 12.2. The van der Waals surface area contributed by atoms with Crippen LogP contribution in [0.1, 0.15) is 44.8 Å². The van der Waals surface area contributed by atoms with Crippen LogP contribution in [-0.4, -0.2) is 27.7 Å². The van der Waals surface area contributed by atoms with E-state index >= 15 is 0 Å². The maximum absolute atomic E-state index is 11.4. The molecule has 0 amide bonds. The largest absolute Gasteiger partial charge is 0.327 e. The van der Waals surface area contributed by atoms with Crippen LogP contribution in [0.2, 0.25) is 0 Å². The van der Waals surface area contributed by atoms with Crippen LogP contribution in [-0.2, 0) is 23.0 Å². The maximum Gasteiger partial charge on any atom is 0.257 e. The van der Waals surface area contributed by atoms with Crippen LogP contribution in [0.3, 0.4) is 0 Å². The molecule has 7 nitrogen and oxygen atoms in total. The monoisotopic (exact) mass is 311 g/mol. The number of primary sulfonamides is 1. The smallest absolute Gasteiger partial charge is 0.257 e. The first kappa shape index (κ1) is 15.7. The number of hydrogen-bond acceptors (Lipinski definition) is 4. The zero-order valence-electron chi connectivity index (χ0n) is 12.5. The summed E-state index contributed by atoms with van der Waals surface area (Å²) in [6.45, 7) is 6.60. The topological polar surface area (TPSA) is 95.8 Å². The van der Waals surface area contributed by atoms with Crippen LogP contribution in [0.5, 0.6) is 0 Å². The first-order chi connectivity index (χ1) is 9.81. The Balaban J connectivity index is 2.31. The van der Waals surface area contributed by atoms with Gasteiger partial charge in [-0.1, -0.05) is 6.92 Å². The molecule has 2 aromatic rings. The molecule has 0 saturated heterocycles. The molecule has 0 aromatic carbocycles. The second-order valence-corrected chi connectivity index (χ2v) is 6.81. The summed E-state index contributed by atoms with van der Waals surface area (Å²) in [6.07, 6.45) is 4.97. The molecule has 2 rings (SSSR count). The zero-order valence-corrected chi connectivity index (χ0v) is 13.3. The summed E-state index contributed by atoms with van der Waals surface area (Å²) >= 11 is 0. The SMILES string of the molecule is CCCc1nc(S(N)(=O)=O)cn1Cc1ccn(C(C)C)n1. The Morgan fingerprint density at radius 2 is 2.10 bits per heavy atom. The summed E-state index contributed by atoms with van der Waals surface area (Å²) in [5.74, 6) is 0.709. The van der Waals surface area contributed by atoms with E-state index in [0.717, 1.165) is 12.1 Å². The van der Waals surface area contributed by atoms with E-state index in [1.807, 2.05) is 23.9 Å². The van der Waals surface area contributed by atoms with Gasteiger partial charge in [0.2, 0.25) is 0 Å². The Morgan fingerprint density at radius 3 is 2.62 bits per heavy atom. The fraction of sp³-hybridized carbons (Fsp3) is 0.538. The molecule has 2 N–H and O–H groups in total. The predicted octanol–water partition coefficient (Wildman–Crippen LogP) is 1.31. The number of rotatable bonds is 6. The summed E-state index contributed by atoms with van der Waals surface area (Å²) in [5, 5.41) is 9.53. The molecule has 0 radical (unpaired) electrons. The van der Waals surface area contributed by atoms with E-state index < -0.39 is 10.0 Å². The second-order valence-electron chi connectivity index (χ2n) is 5.30. The van der Waals surface area contributed by atoms with Crippen molar-refractivity contribution < 1.29 is 8.42 Å². The number of imidazole rings is 1. The Hall–Kier alpha value is -1.67. The summed E-state index contributed by atoms with van der Waals surface area (Å²) in [6, 6.07) is 2.21. The molecule has 0 aliphatic heterocycles. The summed E-state index contributed by atoms with van der Waals surface area (Å²) in [5.41, 5.74) is 0.861. The third-order valence-corrected chi connectivity index (χ3v) is 3.91. The van der Waals surface area contributed by atoms with Gasteiger partial charge in [-0.05, 0) is 26.3 Å². The van der Waals surface area contributed by atoms with E-state index in [1.165, 1.54) is 6.20 Å². The standard InChI is InChI=1S/C13H21N5O2S/c1-4-5-12-15-13(21(14,19)20)9-17(12)8-11-6-7-18(16-11)10(2)3/h6-7,9-10H,4-5,8H2,1-3H3,(H2,14,19,20). The van der Waals surface area contributed by atoms with Crippen molar-refractivity contribution in [3.63, 3.8) is 0 Å². The zero-order chi connectivity index (χ0) is 15.6. The average molecular weight is 311 g/mol. The van der Waals surface area contributed by atoms with Gasteiger partial charge in [0, 0.05) is 24.9 Å². The minimum absolute atomic E-state index is 0.0887. The van der Waals surface area contributed by atoms with Gasteiger partial charge in [-0.3, -0.25) is 4.68 Å². The molecular weight excluding hydrogens is 290 g/mol. The molecular formula is C13H21N5O2S. The maximum atomic E-state index is 11.4. The fourth-order valence-corrected chi connectivity index (χ4v) is 2.56. The lowest BCUT2D eigenvalue weighted by molar-refractivity contribution is 0.522. The van der Waals surface area contributed by atoms with E-state index in [1.54, 1.807) is 4.57 Å². The Kier molecular flexibility index (Phi) is 4.48. The van der Waals surface area contributed by atoms with E-state index in [0.29, 0.717) is 18.8 Å². The molecule has 116 valence electrons. The number of nitrogens with zero attached hydrogens (tertiary/aromatic N) is 4. The van der Waals surface area contributed by atoms with E-state index in [9.17, 15) is 8.42 Å². The minimum Gasteiger partial charge on any atom is -0.327 e. The quantitative estimate of drug-likeness (QED) is 0.870.